The molecule has 214 valence electrons. The molecule has 5 atom stereocenters. The molecule has 2 amide bonds. The fourth-order valence-electron chi connectivity index (χ4n) is 7.16. The van der Waals surface area contributed by atoms with Crippen molar-refractivity contribution >= 4 is 40.5 Å². The first kappa shape index (κ1) is 27.7. The minimum Gasteiger partial charge on any atom is -0.508 e. The lowest BCUT2D eigenvalue weighted by Gasteiger charge is -2.43. The van der Waals surface area contributed by atoms with E-state index < -0.39 is 80.3 Å². The SMILES string of the molecule is CN(C)c1cc(NC(=O)CNC(C)(C)C)c(O)c2c1C[C@H]1C[C@H]3[C@@]4(O)C(=O)C(C(N)=O)=C(O)[C@]3(O)[C@]1(C2=O)C4=O. The Kier molecular flexibility index (Phi) is 5.63. The number of ketones is 3. The fourth-order valence-corrected chi connectivity index (χ4v) is 7.16. The van der Waals surface area contributed by atoms with Crippen molar-refractivity contribution < 1.29 is 44.4 Å². The highest BCUT2D eigenvalue weighted by atomic mass is 16.4. The maximum absolute atomic E-state index is 14.4. The molecule has 13 heteroatoms. The molecule has 2 saturated carbocycles. The van der Waals surface area contributed by atoms with E-state index in [1.54, 1.807) is 19.0 Å². The lowest BCUT2D eigenvalue weighted by Crippen LogP contribution is -2.60. The molecule has 1 spiro atoms. The molecule has 2 fully saturated rings. The summed E-state index contributed by atoms with van der Waals surface area (Å²) in [6.07, 6.45) is -0.272. The van der Waals surface area contributed by atoms with Gasteiger partial charge in [-0.15, -0.1) is 0 Å². The van der Waals surface area contributed by atoms with E-state index in [1.165, 1.54) is 6.07 Å². The number of amides is 2. The first-order valence-corrected chi connectivity index (χ1v) is 12.8. The molecule has 1 aromatic carbocycles. The molecular formula is C27H32N4O9. The van der Waals surface area contributed by atoms with Crippen LogP contribution in [0.15, 0.2) is 17.4 Å². The third-order valence-electron chi connectivity index (χ3n) is 8.82. The molecule has 5 rings (SSSR count). The summed E-state index contributed by atoms with van der Waals surface area (Å²) in [7, 11) is 3.35. The van der Waals surface area contributed by atoms with Crippen molar-refractivity contribution in [2.75, 3.05) is 30.9 Å². The van der Waals surface area contributed by atoms with Crippen molar-refractivity contribution in [1.29, 1.82) is 0 Å². The van der Waals surface area contributed by atoms with Crippen molar-refractivity contribution in [3.05, 3.63) is 28.5 Å². The van der Waals surface area contributed by atoms with E-state index in [4.69, 9.17) is 5.73 Å². The van der Waals surface area contributed by atoms with Crippen molar-refractivity contribution in [3.8, 4) is 5.75 Å². The lowest BCUT2D eigenvalue weighted by atomic mass is 9.58. The van der Waals surface area contributed by atoms with E-state index in [2.05, 4.69) is 10.6 Å². The van der Waals surface area contributed by atoms with Crippen molar-refractivity contribution in [1.82, 2.24) is 5.32 Å². The van der Waals surface area contributed by atoms with Crippen LogP contribution in [0.4, 0.5) is 11.4 Å². The number of aliphatic hydroxyl groups is 3. The molecular weight excluding hydrogens is 524 g/mol. The smallest absolute Gasteiger partial charge is 0.256 e. The number of nitrogens with two attached hydrogens (primary N) is 1. The number of benzene rings is 1. The van der Waals surface area contributed by atoms with E-state index >= 15 is 0 Å². The number of nitrogens with zero attached hydrogens (tertiary/aromatic N) is 1. The van der Waals surface area contributed by atoms with Gasteiger partial charge in [0.25, 0.3) is 5.91 Å². The Balaban J connectivity index is 1.71. The Morgan fingerprint density at radius 2 is 1.75 bits per heavy atom. The Morgan fingerprint density at radius 3 is 2.30 bits per heavy atom. The van der Waals surface area contributed by atoms with Gasteiger partial charge in [0.2, 0.25) is 11.7 Å². The number of phenols is 1. The van der Waals surface area contributed by atoms with Gasteiger partial charge in [0.15, 0.2) is 17.2 Å². The minimum atomic E-state index is -2.97. The predicted molar refractivity (Wildman–Crippen MR) is 140 cm³/mol. The van der Waals surface area contributed by atoms with Gasteiger partial charge >= 0.3 is 0 Å². The van der Waals surface area contributed by atoms with Crippen LogP contribution < -0.4 is 21.3 Å². The van der Waals surface area contributed by atoms with Gasteiger partial charge in [-0.25, -0.2) is 0 Å². The summed E-state index contributed by atoms with van der Waals surface area (Å²) in [5, 5.41) is 51.2. The molecule has 0 heterocycles. The van der Waals surface area contributed by atoms with E-state index in [1.807, 2.05) is 20.8 Å². The third-order valence-corrected chi connectivity index (χ3v) is 8.82. The molecule has 0 saturated heterocycles. The quantitative estimate of drug-likeness (QED) is 0.133. The molecule has 4 bridgehead atoms. The van der Waals surface area contributed by atoms with Crippen molar-refractivity contribution in [2.45, 2.75) is 50.4 Å². The highest BCUT2D eigenvalue weighted by Crippen LogP contribution is 2.73. The number of rotatable bonds is 5. The zero-order valence-electron chi connectivity index (χ0n) is 22.7. The number of primary amides is 1. The summed E-state index contributed by atoms with van der Waals surface area (Å²) in [6.45, 7) is 5.45. The highest BCUT2D eigenvalue weighted by Gasteiger charge is 2.90. The summed E-state index contributed by atoms with van der Waals surface area (Å²) in [5.41, 5.74) is -4.44. The molecule has 0 radical (unpaired) electrons. The van der Waals surface area contributed by atoms with Crippen LogP contribution in [0.3, 0.4) is 0 Å². The number of aromatic hydroxyl groups is 1. The largest absolute Gasteiger partial charge is 0.508 e. The van der Waals surface area contributed by atoms with Crippen LogP contribution in [0, 0.1) is 17.3 Å². The zero-order valence-corrected chi connectivity index (χ0v) is 22.7. The molecule has 1 aromatic rings. The Labute approximate surface area is 229 Å². The minimum absolute atomic E-state index is 0.0596. The second-order valence-corrected chi connectivity index (χ2v) is 12.3. The van der Waals surface area contributed by atoms with Gasteiger partial charge in [-0.3, -0.25) is 24.0 Å². The Morgan fingerprint density at radius 1 is 1.12 bits per heavy atom. The number of hydrogen-bond donors (Lipinski definition) is 7. The van der Waals surface area contributed by atoms with E-state index in [0.29, 0.717) is 11.3 Å². The van der Waals surface area contributed by atoms with Crippen LogP contribution in [0.25, 0.3) is 0 Å². The number of nitrogens with one attached hydrogen (secondary N) is 2. The average Bonchev–Trinajstić information content (AvgIpc) is 3.18. The maximum Gasteiger partial charge on any atom is 0.256 e. The highest BCUT2D eigenvalue weighted by molar-refractivity contribution is 6.37. The van der Waals surface area contributed by atoms with E-state index in [9.17, 15) is 44.4 Å². The molecule has 13 nitrogen and oxygen atoms in total. The summed E-state index contributed by atoms with van der Waals surface area (Å²) in [5.74, 6) is -10.5. The molecule has 4 aliphatic rings. The van der Waals surface area contributed by atoms with Crippen LogP contribution in [0.2, 0.25) is 0 Å². The topological polar surface area (TPSA) is 220 Å². The Bertz CT molecular complexity index is 1470. The summed E-state index contributed by atoms with van der Waals surface area (Å²) >= 11 is 0. The number of carbonyl (C=O) groups excluding carboxylic acids is 5. The molecule has 8 N–H and O–H groups in total. The normalized spacial score (nSPS) is 32.2. The van der Waals surface area contributed by atoms with Gasteiger partial charge in [0, 0.05) is 31.2 Å². The van der Waals surface area contributed by atoms with Gasteiger partial charge in [0.05, 0.1) is 17.8 Å². The summed E-state index contributed by atoms with van der Waals surface area (Å²) < 4.78 is 0. The first-order valence-electron chi connectivity index (χ1n) is 12.8. The maximum atomic E-state index is 14.4. The molecule has 40 heavy (non-hydrogen) atoms. The first-order chi connectivity index (χ1) is 18.4. The number of hydrogen-bond acceptors (Lipinski definition) is 11. The summed E-state index contributed by atoms with van der Waals surface area (Å²) in [6, 6.07) is 1.48. The van der Waals surface area contributed by atoms with E-state index in [0.717, 1.165) is 0 Å². The monoisotopic (exact) mass is 556 g/mol. The Hall–Kier alpha value is -3.81. The number of carbonyl (C=O) groups is 5. The lowest BCUT2D eigenvalue weighted by molar-refractivity contribution is -0.158. The van der Waals surface area contributed by atoms with Crippen LogP contribution in [0.5, 0.6) is 5.75 Å². The number of Topliss-reactive ketones (excluding diaryl/α,β-unsaturated/α-hetero) is 3. The number of phenolic OH excluding ortho intramolecular Hbond substituents is 1. The van der Waals surface area contributed by atoms with Crippen LogP contribution >= 0.6 is 0 Å². The fraction of sp³-hybridized carbons (Fsp3) is 0.519. The predicted octanol–water partition coefficient (Wildman–Crippen LogP) is -0.929. The van der Waals surface area contributed by atoms with Gasteiger partial charge in [0.1, 0.15) is 28.1 Å². The standard InChI is InChI=1S/C27H32N4O9/c1-24(2,3)29-9-15(32)30-12-8-13(31(4)5)11-6-10-7-14-26(39)20(35)17(22(28)37)21(36)27(14,40)25(10,23(26)38)19(34)16(11)18(12)33/h8,10,14,29,33,36,39-40H,6-7,9H2,1-5H3,(H2,28,37)(H,30,32)/t10-,14-,25+,26+,27-/m0/s1. The zero-order chi connectivity index (χ0) is 29.9. The molecule has 0 unspecified atom stereocenters. The van der Waals surface area contributed by atoms with Gasteiger partial charge < -0.3 is 41.7 Å². The average molecular weight is 557 g/mol. The number of aliphatic hydroxyl groups excluding tert-OH is 1. The van der Waals surface area contributed by atoms with Crippen LogP contribution in [0.1, 0.15) is 43.1 Å². The molecule has 4 aliphatic carbocycles. The van der Waals surface area contributed by atoms with E-state index in [-0.39, 0.29) is 30.6 Å². The van der Waals surface area contributed by atoms with Gasteiger partial charge in [-0.2, -0.15) is 0 Å². The second kappa shape index (κ2) is 8.12. The third kappa shape index (κ3) is 3.05. The molecule has 0 aromatic heterocycles. The van der Waals surface area contributed by atoms with Crippen molar-refractivity contribution in [2.24, 2.45) is 23.0 Å². The van der Waals surface area contributed by atoms with Gasteiger partial charge in [-0.05, 0) is 51.2 Å². The van der Waals surface area contributed by atoms with Crippen molar-refractivity contribution in [3.63, 3.8) is 0 Å². The summed E-state index contributed by atoms with van der Waals surface area (Å²) in [4.78, 5) is 67.9. The molecule has 0 aliphatic heterocycles. The number of anilines is 2. The van der Waals surface area contributed by atoms with Gasteiger partial charge in [-0.1, -0.05) is 0 Å². The number of fused-ring (bicyclic) bond motifs is 1. The van der Waals surface area contributed by atoms with Crippen LogP contribution in [-0.4, -0.2) is 87.0 Å². The second-order valence-electron chi connectivity index (χ2n) is 12.3. The van der Waals surface area contributed by atoms with Crippen LogP contribution in [-0.2, 0) is 25.6 Å².